The van der Waals surface area contributed by atoms with Gasteiger partial charge in [0.25, 0.3) is 0 Å². The summed E-state index contributed by atoms with van der Waals surface area (Å²) in [7, 11) is 3.73. The largest absolute Gasteiger partial charge is 0.368 e. The summed E-state index contributed by atoms with van der Waals surface area (Å²) in [5.74, 6) is 2.02. The molecular formula is C21H23N9S. The Morgan fingerprint density at radius 2 is 1.84 bits per heavy atom. The molecule has 0 unspecified atom stereocenters. The zero-order valence-corrected chi connectivity index (χ0v) is 18.6. The zero-order valence-electron chi connectivity index (χ0n) is 17.8. The van der Waals surface area contributed by atoms with Gasteiger partial charge in [0.1, 0.15) is 5.82 Å². The molecule has 1 aromatic carbocycles. The fourth-order valence-corrected chi connectivity index (χ4v) is 3.95. The lowest BCUT2D eigenvalue weighted by Gasteiger charge is -2.16. The van der Waals surface area contributed by atoms with Crippen LogP contribution in [0.5, 0.6) is 0 Å². The fourth-order valence-electron chi connectivity index (χ4n) is 3.05. The summed E-state index contributed by atoms with van der Waals surface area (Å²) in [4.78, 5) is 19.1. The Morgan fingerprint density at radius 3 is 2.55 bits per heavy atom. The Balaban J connectivity index is 1.77. The number of pyridine rings is 1. The summed E-state index contributed by atoms with van der Waals surface area (Å²) in [6.07, 6.45) is 3.52. The molecule has 9 nitrogen and oxygen atoms in total. The Bertz CT molecular complexity index is 1190. The highest BCUT2D eigenvalue weighted by atomic mass is 32.2. The minimum atomic E-state index is -0.127. The molecule has 0 aliphatic carbocycles. The Hall–Kier alpha value is -3.53. The first kappa shape index (κ1) is 20.7. The average Bonchev–Trinajstić information content (AvgIpc) is 3.17. The van der Waals surface area contributed by atoms with Crippen LogP contribution in [0.2, 0.25) is 0 Å². The van der Waals surface area contributed by atoms with Gasteiger partial charge >= 0.3 is 0 Å². The molecule has 10 heteroatoms. The summed E-state index contributed by atoms with van der Waals surface area (Å²) in [6.45, 7) is 4.08. The number of hydrogen-bond donors (Lipinski definition) is 1. The quantitative estimate of drug-likeness (QED) is 0.458. The molecule has 31 heavy (non-hydrogen) atoms. The first-order valence-electron chi connectivity index (χ1n) is 9.71. The normalized spacial score (nSPS) is 12.0. The van der Waals surface area contributed by atoms with Crippen LogP contribution in [-0.4, -0.2) is 48.8 Å². The van der Waals surface area contributed by atoms with E-state index in [-0.39, 0.29) is 11.2 Å². The number of anilines is 2. The molecule has 158 valence electrons. The maximum atomic E-state index is 5.91. The van der Waals surface area contributed by atoms with Crippen LogP contribution in [0.4, 0.5) is 11.9 Å². The standard InChI is InChI=1S/C21H23N9S/c1-13-8-5-6-10-16(13)30-18(15-9-7-11-23-12-15)27-28-21(30)31-14(2)17-24-19(22)26-20(25-17)29(3)4/h5-12,14H,1-4H3,(H2,22,24,25,26)/t14-/m0/s1. The molecule has 0 aliphatic heterocycles. The molecule has 4 aromatic rings. The van der Waals surface area contributed by atoms with Gasteiger partial charge in [-0.3, -0.25) is 9.55 Å². The summed E-state index contributed by atoms with van der Waals surface area (Å²) < 4.78 is 2.05. The summed E-state index contributed by atoms with van der Waals surface area (Å²) in [5.41, 5.74) is 8.91. The van der Waals surface area contributed by atoms with Crippen molar-refractivity contribution >= 4 is 23.7 Å². The monoisotopic (exact) mass is 433 g/mol. The highest BCUT2D eigenvalue weighted by Gasteiger charge is 2.22. The van der Waals surface area contributed by atoms with Crippen molar-refractivity contribution in [1.29, 1.82) is 0 Å². The number of nitrogen functional groups attached to an aromatic ring is 1. The van der Waals surface area contributed by atoms with Crippen LogP contribution in [0.15, 0.2) is 53.9 Å². The topological polar surface area (TPSA) is 112 Å². The van der Waals surface area contributed by atoms with Gasteiger partial charge in [0.2, 0.25) is 11.9 Å². The minimum absolute atomic E-state index is 0.127. The van der Waals surface area contributed by atoms with Crippen LogP contribution >= 0.6 is 11.8 Å². The second-order valence-electron chi connectivity index (χ2n) is 7.18. The Labute approximate surface area is 184 Å². The zero-order chi connectivity index (χ0) is 22.0. The molecule has 0 saturated heterocycles. The molecule has 4 rings (SSSR count). The molecule has 1 atom stereocenters. The number of hydrogen-bond acceptors (Lipinski definition) is 9. The number of rotatable bonds is 6. The third-order valence-electron chi connectivity index (χ3n) is 4.61. The van der Waals surface area contributed by atoms with E-state index in [4.69, 9.17) is 5.73 Å². The maximum absolute atomic E-state index is 5.91. The lowest BCUT2D eigenvalue weighted by Crippen LogP contribution is -2.16. The van der Waals surface area contributed by atoms with Crippen molar-refractivity contribution in [3.63, 3.8) is 0 Å². The van der Waals surface area contributed by atoms with E-state index in [9.17, 15) is 0 Å². The van der Waals surface area contributed by atoms with Crippen LogP contribution in [0.1, 0.15) is 23.6 Å². The van der Waals surface area contributed by atoms with Gasteiger partial charge < -0.3 is 10.6 Å². The summed E-state index contributed by atoms with van der Waals surface area (Å²) >= 11 is 1.51. The van der Waals surface area contributed by atoms with Crippen LogP contribution in [0.25, 0.3) is 17.1 Å². The predicted molar refractivity (Wildman–Crippen MR) is 122 cm³/mol. The van der Waals surface area contributed by atoms with Gasteiger partial charge in [0, 0.05) is 32.1 Å². The molecular weight excluding hydrogens is 410 g/mol. The maximum Gasteiger partial charge on any atom is 0.229 e. The second kappa shape index (κ2) is 8.68. The van der Waals surface area contributed by atoms with E-state index < -0.39 is 0 Å². The van der Waals surface area contributed by atoms with Crippen molar-refractivity contribution in [3.05, 3.63) is 60.2 Å². The van der Waals surface area contributed by atoms with Gasteiger partial charge in [0.05, 0.1) is 10.9 Å². The Morgan fingerprint density at radius 1 is 1.03 bits per heavy atom. The van der Waals surface area contributed by atoms with Crippen molar-refractivity contribution in [2.75, 3.05) is 24.7 Å². The van der Waals surface area contributed by atoms with E-state index >= 15 is 0 Å². The van der Waals surface area contributed by atoms with E-state index in [1.165, 1.54) is 11.8 Å². The molecule has 0 bridgehead atoms. The van der Waals surface area contributed by atoms with E-state index in [0.717, 1.165) is 27.8 Å². The molecule has 3 aromatic heterocycles. The third-order valence-corrected chi connectivity index (χ3v) is 5.65. The van der Waals surface area contributed by atoms with Gasteiger partial charge in [-0.2, -0.15) is 15.0 Å². The van der Waals surface area contributed by atoms with Crippen molar-refractivity contribution in [2.45, 2.75) is 24.3 Å². The summed E-state index contributed by atoms with van der Waals surface area (Å²) in [6, 6.07) is 12.0. The molecule has 0 spiro atoms. The Kier molecular flexibility index (Phi) is 5.81. The van der Waals surface area contributed by atoms with Gasteiger partial charge in [-0.05, 0) is 37.6 Å². The number of para-hydroxylation sites is 1. The number of nitrogens with two attached hydrogens (primary N) is 1. The second-order valence-corrected chi connectivity index (χ2v) is 8.48. The van der Waals surface area contributed by atoms with E-state index in [1.807, 2.05) is 49.9 Å². The van der Waals surface area contributed by atoms with E-state index in [2.05, 4.69) is 49.2 Å². The van der Waals surface area contributed by atoms with Crippen LogP contribution in [-0.2, 0) is 0 Å². The number of aryl methyl sites for hydroxylation is 1. The van der Waals surface area contributed by atoms with Crippen LogP contribution in [0.3, 0.4) is 0 Å². The van der Waals surface area contributed by atoms with Crippen LogP contribution in [0, 0.1) is 6.92 Å². The number of thioether (sulfide) groups is 1. The van der Waals surface area contributed by atoms with E-state index in [0.29, 0.717) is 11.8 Å². The van der Waals surface area contributed by atoms with Gasteiger partial charge in [0.15, 0.2) is 11.0 Å². The van der Waals surface area contributed by atoms with Crippen molar-refractivity contribution in [3.8, 4) is 17.1 Å². The average molecular weight is 434 g/mol. The molecule has 0 radical (unpaired) electrons. The highest BCUT2D eigenvalue weighted by molar-refractivity contribution is 7.99. The number of nitrogens with zero attached hydrogens (tertiary/aromatic N) is 8. The van der Waals surface area contributed by atoms with E-state index in [1.54, 1.807) is 17.3 Å². The first-order valence-corrected chi connectivity index (χ1v) is 10.6. The predicted octanol–water partition coefficient (Wildman–Crippen LogP) is 3.32. The van der Waals surface area contributed by atoms with Gasteiger partial charge in [-0.1, -0.05) is 30.0 Å². The number of aromatic nitrogens is 7. The lowest BCUT2D eigenvalue weighted by atomic mass is 10.2. The van der Waals surface area contributed by atoms with Crippen molar-refractivity contribution in [1.82, 2.24) is 34.7 Å². The third kappa shape index (κ3) is 4.33. The molecule has 3 heterocycles. The summed E-state index contributed by atoms with van der Waals surface area (Å²) in [5, 5.41) is 9.57. The van der Waals surface area contributed by atoms with Gasteiger partial charge in [-0.15, -0.1) is 10.2 Å². The molecule has 0 aliphatic rings. The molecule has 0 saturated carbocycles. The van der Waals surface area contributed by atoms with Crippen LogP contribution < -0.4 is 10.6 Å². The van der Waals surface area contributed by atoms with Crippen molar-refractivity contribution in [2.24, 2.45) is 0 Å². The molecule has 2 N–H and O–H groups in total. The lowest BCUT2D eigenvalue weighted by molar-refractivity contribution is 0.841. The highest BCUT2D eigenvalue weighted by Crippen LogP contribution is 2.36. The minimum Gasteiger partial charge on any atom is -0.368 e. The van der Waals surface area contributed by atoms with Gasteiger partial charge in [-0.25, -0.2) is 0 Å². The number of benzene rings is 1. The smallest absolute Gasteiger partial charge is 0.229 e. The molecule has 0 amide bonds. The SMILES string of the molecule is Cc1ccccc1-n1c(S[C@@H](C)c2nc(N)nc(N(C)C)n2)nnc1-c1cccnc1. The fraction of sp³-hybridized carbons (Fsp3) is 0.238. The van der Waals surface area contributed by atoms with Crippen molar-refractivity contribution < 1.29 is 0 Å². The first-order chi connectivity index (χ1) is 14.9. The molecule has 0 fully saturated rings.